The highest BCUT2D eigenvalue weighted by molar-refractivity contribution is 7.99. The van der Waals surface area contributed by atoms with E-state index in [4.69, 9.17) is 0 Å². The summed E-state index contributed by atoms with van der Waals surface area (Å²) >= 11 is 1.84. The predicted octanol–water partition coefficient (Wildman–Crippen LogP) is 3.17. The van der Waals surface area contributed by atoms with Crippen LogP contribution in [0.4, 0.5) is 5.69 Å². The van der Waals surface area contributed by atoms with Crippen LogP contribution >= 0.6 is 11.8 Å². The molecule has 1 unspecified atom stereocenters. The zero-order chi connectivity index (χ0) is 18.4. The molecule has 0 heterocycles. The fourth-order valence-electron chi connectivity index (χ4n) is 2.90. The fraction of sp³-hybridized carbons (Fsp3) is 0.381. The molecule has 0 spiro atoms. The van der Waals surface area contributed by atoms with Gasteiger partial charge in [-0.25, -0.2) is 0 Å². The Morgan fingerprint density at radius 1 is 1.00 bits per heavy atom. The number of carbonyl (C=O) groups excluding carboxylic acids is 1. The Morgan fingerprint density at radius 3 is 2.20 bits per heavy atom. The van der Waals surface area contributed by atoms with Gasteiger partial charge in [0.15, 0.2) is 6.54 Å². The van der Waals surface area contributed by atoms with Crippen molar-refractivity contribution in [1.29, 1.82) is 0 Å². The first-order chi connectivity index (χ1) is 11.8. The summed E-state index contributed by atoms with van der Waals surface area (Å²) in [4.78, 5) is 14.9. The highest BCUT2D eigenvalue weighted by Crippen LogP contribution is 2.21. The third kappa shape index (κ3) is 6.22. The van der Waals surface area contributed by atoms with Gasteiger partial charge in [0.05, 0.1) is 13.6 Å². The van der Waals surface area contributed by atoms with Crippen molar-refractivity contribution in [2.75, 3.05) is 31.2 Å². The van der Waals surface area contributed by atoms with Gasteiger partial charge in [-0.3, -0.25) is 4.79 Å². The lowest BCUT2D eigenvalue weighted by molar-refractivity contribution is -0.868. The Kier molecular flexibility index (Phi) is 7.09. The molecule has 0 aliphatic heterocycles. The predicted molar refractivity (Wildman–Crippen MR) is 108 cm³/mol. The van der Waals surface area contributed by atoms with Gasteiger partial charge >= 0.3 is 0 Å². The number of anilines is 1. The number of benzene rings is 2. The maximum atomic E-state index is 12.3. The molecule has 0 aliphatic rings. The van der Waals surface area contributed by atoms with E-state index >= 15 is 0 Å². The maximum absolute atomic E-state index is 12.3. The number of aryl methyl sites for hydroxylation is 4. The SMILES string of the molecule is Cc1ccc(SCC[NH+](C)CC(=O)Nc2c(C)cc(C)cc2C)cc1. The van der Waals surface area contributed by atoms with E-state index < -0.39 is 0 Å². The highest BCUT2D eigenvalue weighted by Gasteiger charge is 2.13. The number of quaternary nitrogens is 1. The standard InChI is InChI=1S/C21H28N2OS/c1-15-6-8-19(9-7-15)25-11-10-23(5)14-20(24)22-21-17(3)12-16(2)13-18(21)4/h6-9,12-13H,10-11,14H2,1-5H3,(H,22,24)/p+1. The molecule has 0 aliphatic carbocycles. The van der Waals surface area contributed by atoms with Crippen molar-refractivity contribution in [3.63, 3.8) is 0 Å². The Bertz CT molecular complexity index is 702. The topological polar surface area (TPSA) is 33.5 Å². The number of likely N-dealkylation sites (N-methyl/N-ethyl adjacent to an activating group) is 1. The Labute approximate surface area is 155 Å². The summed E-state index contributed by atoms with van der Waals surface area (Å²) in [6, 6.07) is 12.8. The van der Waals surface area contributed by atoms with Crippen molar-refractivity contribution in [3.05, 3.63) is 58.7 Å². The van der Waals surface area contributed by atoms with E-state index in [2.05, 4.69) is 62.6 Å². The zero-order valence-electron chi connectivity index (χ0n) is 15.9. The van der Waals surface area contributed by atoms with Crippen molar-refractivity contribution in [2.24, 2.45) is 0 Å². The van der Waals surface area contributed by atoms with Gasteiger partial charge < -0.3 is 10.2 Å². The molecule has 3 nitrogen and oxygen atoms in total. The summed E-state index contributed by atoms with van der Waals surface area (Å²) in [5, 5.41) is 3.08. The van der Waals surface area contributed by atoms with Crippen LogP contribution in [0.5, 0.6) is 0 Å². The number of rotatable bonds is 7. The molecule has 2 aromatic carbocycles. The van der Waals surface area contributed by atoms with E-state index in [0.717, 1.165) is 29.1 Å². The highest BCUT2D eigenvalue weighted by atomic mass is 32.2. The summed E-state index contributed by atoms with van der Waals surface area (Å²) in [5.74, 6) is 1.08. The van der Waals surface area contributed by atoms with Crippen LogP contribution in [-0.2, 0) is 4.79 Å². The second-order valence-electron chi connectivity index (χ2n) is 6.87. The van der Waals surface area contributed by atoms with Gasteiger partial charge in [-0.15, -0.1) is 11.8 Å². The van der Waals surface area contributed by atoms with Crippen LogP contribution in [0.2, 0.25) is 0 Å². The zero-order valence-corrected chi connectivity index (χ0v) is 16.7. The van der Waals surface area contributed by atoms with E-state index in [1.807, 2.05) is 25.6 Å². The Morgan fingerprint density at radius 2 is 1.60 bits per heavy atom. The Hall–Kier alpha value is -1.78. The molecule has 1 atom stereocenters. The van der Waals surface area contributed by atoms with Crippen LogP contribution in [0, 0.1) is 27.7 Å². The molecule has 2 rings (SSSR count). The minimum atomic E-state index is 0.0767. The van der Waals surface area contributed by atoms with Gasteiger partial charge in [-0.05, 0) is 51.0 Å². The second-order valence-corrected chi connectivity index (χ2v) is 8.04. The van der Waals surface area contributed by atoms with Crippen LogP contribution in [0.15, 0.2) is 41.3 Å². The van der Waals surface area contributed by atoms with Gasteiger partial charge in [0.2, 0.25) is 0 Å². The van der Waals surface area contributed by atoms with E-state index in [-0.39, 0.29) is 5.91 Å². The normalized spacial score (nSPS) is 12.0. The second kappa shape index (κ2) is 9.07. The summed E-state index contributed by atoms with van der Waals surface area (Å²) in [6.45, 7) is 9.71. The van der Waals surface area contributed by atoms with Crippen molar-refractivity contribution >= 4 is 23.4 Å². The average molecular weight is 358 g/mol. The van der Waals surface area contributed by atoms with Crippen molar-refractivity contribution in [2.45, 2.75) is 32.6 Å². The smallest absolute Gasteiger partial charge is 0.279 e. The van der Waals surface area contributed by atoms with Gasteiger partial charge in [0.25, 0.3) is 5.91 Å². The van der Waals surface area contributed by atoms with Crippen LogP contribution in [0.25, 0.3) is 0 Å². The van der Waals surface area contributed by atoms with Crippen LogP contribution in [0.3, 0.4) is 0 Å². The summed E-state index contributed by atoms with van der Waals surface area (Å²) in [5.41, 5.74) is 5.71. The van der Waals surface area contributed by atoms with Crippen LogP contribution in [-0.4, -0.2) is 31.8 Å². The molecular weight excluding hydrogens is 328 g/mol. The monoisotopic (exact) mass is 357 g/mol. The largest absolute Gasteiger partial charge is 0.329 e. The maximum Gasteiger partial charge on any atom is 0.279 e. The number of amides is 1. The molecule has 2 aromatic rings. The van der Waals surface area contributed by atoms with Crippen LogP contribution in [0.1, 0.15) is 22.3 Å². The van der Waals surface area contributed by atoms with Crippen molar-refractivity contribution in [1.82, 2.24) is 0 Å². The molecule has 2 N–H and O–H groups in total. The van der Waals surface area contributed by atoms with Crippen molar-refractivity contribution in [3.8, 4) is 0 Å². The van der Waals surface area contributed by atoms with Gasteiger partial charge in [0.1, 0.15) is 0 Å². The molecule has 4 heteroatoms. The third-order valence-electron chi connectivity index (χ3n) is 4.22. The molecule has 0 radical (unpaired) electrons. The lowest BCUT2D eigenvalue weighted by Crippen LogP contribution is -3.10. The molecule has 0 saturated heterocycles. The Balaban J connectivity index is 1.79. The molecule has 0 saturated carbocycles. The van der Waals surface area contributed by atoms with E-state index in [0.29, 0.717) is 6.54 Å². The van der Waals surface area contributed by atoms with E-state index in [1.54, 1.807) is 0 Å². The molecule has 1 amide bonds. The third-order valence-corrected chi connectivity index (χ3v) is 5.24. The van der Waals surface area contributed by atoms with E-state index in [9.17, 15) is 4.79 Å². The summed E-state index contributed by atoms with van der Waals surface area (Å²) in [6.07, 6.45) is 0. The lowest BCUT2D eigenvalue weighted by atomic mass is 10.1. The van der Waals surface area contributed by atoms with Crippen LogP contribution < -0.4 is 10.2 Å². The number of hydrogen-bond donors (Lipinski definition) is 2. The summed E-state index contributed by atoms with van der Waals surface area (Å²) < 4.78 is 0. The molecule has 0 bridgehead atoms. The quantitative estimate of drug-likeness (QED) is 0.746. The number of carbonyl (C=O) groups is 1. The van der Waals surface area contributed by atoms with E-state index in [1.165, 1.54) is 20.9 Å². The minimum absolute atomic E-state index is 0.0767. The first-order valence-electron chi connectivity index (χ1n) is 8.73. The van der Waals surface area contributed by atoms with Gasteiger partial charge in [-0.1, -0.05) is 35.4 Å². The molecule has 0 fully saturated rings. The average Bonchev–Trinajstić information content (AvgIpc) is 2.52. The minimum Gasteiger partial charge on any atom is -0.329 e. The fourth-order valence-corrected chi connectivity index (χ4v) is 3.92. The number of hydrogen-bond acceptors (Lipinski definition) is 2. The number of nitrogens with one attached hydrogen (secondary N) is 2. The molecule has 25 heavy (non-hydrogen) atoms. The van der Waals surface area contributed by atoms with Gasteiger partial charge in [0, 0.05) is 16.3 Å². The lowest BCUT2D eigenvalue weighted by Gasteiger charge is -2.16. The first-order valence-corrected chi connectivity index (χ1v) is 9.72. The number of thioether (sulfide) groups is 1. The molecule has 134 valence electrons. The summed E-state index contributed by atoms with van der Waals surface area (Å²) in [7, 11) is 2.07. The van der Waals surface area contributed by atoms with Gasteiger partial charge in [-0.2, -0.15) is 0 Å². The first kappa shape index (κ1) is 19.5. The molecular formula is C21H29N2OS+. The van der Waals surface area contributed by atoms with Crippen molar-refractivity contribution < 1.29 is 9.69 Å². The molecule has 0 aromatic heterocycles.